The summed E-state index contributed by atoms with van der Waals surface area (Å²) >= 11 is 6.10. The standard InChI is InChI=1S/C22H24ClNO2/c1-13(2)19-11-20-17(10-22(25)26-21(20)8-14(19)3)12-24-15(4)16-6-5-7-18(23)9-16/h5-11,13,15,24H,12H2,1-4H3/p+1/t15-/m0/s1. The van der Waals surface area contributed by atoms with Gasteiger partial charge in [0.05, 0.1) is 0 Å². The van der Waals surface area contributed by atoms with Gasteiger partial charge in [0.2, 0.25) is 0 Å². The Morgan fingerprint density at radius 3 is 2.58 bits per heavy atom. The third kappa shape index (κ3) is 4.00. The van der Waals surface area contributed by atoms with Crippen LogP contribution in [0.3, 0.4) is 0 Å². The van der Waals surface area contributed by atoms with Gasteiger partial charge in [-0.2, -0.15) is 0 Å². The van der Waals surface area contributed by atoms with Crippen molar-refractivity contribution in [2.75, 3.05) is 0 Å². The molecular formula is C22H25ClNO2+. The van der Waals surface area contributed by atoms with Crippen LogP contribution in [0.4, 0.5) is 0 Å². The Bertz CT molecular complexity index is 991. The first-order valence-corrected chi connectivity index (χ1v) is 9.39. The first-order valence-electron chi connectivity index (χ1n) is 9.01. The highest BCUT2D eigenvalue weighted by molar-refractivity contribution is 6.30. The second-order valence-electron chi connectivity index (χ2n) is 7.23. The van der Waals surface area contributed by atoms with Crippen LogP contribution in [0.2, 0.25) is 5.02 Å². The van der Waals surface area contributed by atoms with Crippen LogP contribution in [0, 0.1) is 6.92 Å². The molecule has 0 saturated carbocycles. The molecule has 1 atom stereocenters. The molecule has 0 bridgehead atoms. The van der Waals surface area contributed by atoms with Crippen molar-refractivity contribution in [1.29, 1.82) is 0 Å². The summed E-state index contributed by atoms with van der Waals surface area (Å²) in [5.41, 5.74) is 4.99. The summed E-state index contributed by atoms with van der Waals surface area (Å²) in [6.45, 7) is 9.27. The number of halogens is 1. The molecule has 2 N–H and O–H groups in total. The average molecular weight is 371 g/mol. The number of nitrogens with two attached hydrogens (primary N) is 1. The highest BCUT2D eigenvalue weighted by Crippen LogP contribution is 2.26. The zero-order chi connectivity index (χ0) is 18.8. The highest BCUT2D eigenvalue weighted by Gasteiger charge is 2.14. The molecule has 2 aromatic carbocycles. The van der Waals surface area contributed by atoms with E-state index in [-0.39, 0.29) is 11.7 Å². The molecule has 3 rings (SSSR count). The minimum absolute atomic E-state index is 0.242. The molecule has 0 unspecified atom stereocenters. The predicted octanol–water partition coefficient (Wildman–Crippen LogP) is 4.70. The van der Waals surface area contributed by atoms with Crippen molar-refractivity contribution in [2.45, 2.75) is 46.2 Å². The molecule has 0 aliphatic heterocycles. The number of benzene rings is 2. The van der Waals surface area contributed by atoms with E-state index in [1.54, 1.807) is 6.07 Å². The second kappa shape index (κ2) is 7.65. The van der Waals surface area contributed by atoms with Crippen LogP contribution < -0.4 is 10.9 Å². The summed E-state index contributed by atoms with van der Waals surface area (Å²) in [6, 6.07) is 13.9. The maximum atomic E-state index is 12.0. The summed E-state index contributed by atoms with van der Waals surface area (Å²) in [5.74, 6) is 0.425. The Morgan fingerprint density at radius 1 is 1.12 bits per heavy atom. The van der Waals surface area contributed by atoms with E-state index >= 15 is 0 Å². The van der Waals surface area contributed by atoms with Crippen molar-refractivity contribution in [3.05, 3.63) is 80.2 Å². The van der Waals surface area contributed by atoms with Gasteiger partial charge in [0.1, 0.15) is 18.2 Å². The summed E-state index contributed by atoms with van der Waals surface area (Å²) in [7, 11) is 0. The molecule has 0 saturated heterocycles. The van der Waals surface area contributed by atoms with Crippen molar-refractivity contribution in [2.24, 2.45) is 0 Å². The van der Waals surface area contributed by atoms with Crippen molar-refractivity contribution in [3.63, 3.8) is 0 Å². The summed E-state index contributed by atoms with van der Waals surface area (Å²) in [5, 5.41) is 3.98. The second-order valence-corrected chi connectivity index (χ2v) is 7.67. The molecule has 0 spiro atoms. The van der Waals surface area contributed by atoms with E-state index in [0.29, 0.717) is 18.0 Å². The van der Waals surface area contributed by atoms with E-state index in [1.807, 2.05) is 24.3 Å². The van der Waals surface area contributed by atoms with Crippen LogP contribution in [0.25, 0.3) is 11.0 Å². The van der Waals surface area contributed by atoms with Gasteiger partial charge in [-0.25, -0.2) is 4.79 Å². The maximum Gasteiger partial charge on any atom is 0.336 e. The Kier molecular flexibility index (Phi) is 5.49. The third-order valence-corrected chi connectivity index (χ3v) is 5.14. The molecule has 1 heterocycles. The lowest BCUT2D eigenvalue weighted by Crippen LogP contribution is -2.83. The fourth-order valence-electron chi connectivity index (χ4n) is 3.41. The van der Waals surface area contributed by atoms with Gasteiger partial charge in [-0.1, -0.05) is 37.6 Å². The van der Waals surface area contributed by atoms with Crippen molar-refractivity contribution in [1.82, 2.24) is 0 Å². The number of aryl methyl sites for hydroxylation is 1. The lowest BCUT2D eigenvalue weighted by molar-refractivity contribution is -0.707. The maximum absolute atomic E-state index is 12.0. The van der Waals surface area contributed by atoms with Gasteiger partial charge in [-0.05, 0) is 55.2 Å². The summed E-state index contributed by atoms with van der Waals surface area (Å²) in [4.78, 5) is 12.0. The molecular weight excluding hydrogens is 346 g/mol. The molecule has 0 aliphatic carbocycles. The topological polar surface area (TPSA) is 46.8 Å². The third-order valence-electron chi connectivity index (χ3n) is 4.90. The first-order chi connectivity index (χ1) is 12.3. The number of fused-ring (bicyclic) bond motifs is 1. The smallest absolute Gasteiger partial charge is 0.336 e. The average Bonchev–Trinajstić information content (AvgIpc) is 2.58. The molecule has 3 nitrogen and oxygen atoms in total. The summed E-state index contributed by atoms with van der Waals surface area (Å²) in [6.07, 6.45) is 0. The van der Waals surface area contributed by atoms with Gasteiger partial charge < -0.3 is 9.73 Å². The molecule has 0 aliphatic rings. The Balaban J connectivity index is 1.94. The van der Waals surface area contributed by atoms with Crippen molar-refractivity contribution in [3.8, 4) is 0 Å². The van der Waals surface area contributed by atoms with E-state index in [1.165, 1.54) is 11.1 Å². The Morgan fingerprint density at radius 2 is 1.88 bits per heavy atom. The summed E-state index contributed by atoms with van der Waals surface area (Å²) < 4.78 is 5.44. The Hall–Kier alpha value is -2.10. The van der Waals surface area contributed by atoms with Gasteiger partial charge in [0.25, 0.3) is 0 Å². The number of quaternary nitrogens is 1. The highest BCUT2D eigenvalue weighted by atomic mass is 35.5. The fraction of sp³-hybridized carbons (Fsp3) is 0.318. The van der Waals surface area contributed by atoms with E-state index < -0.39 is 0 Å². The van der Waals surface area contributed by atoms with Gasteiger partial charge >= 0.3 is 5.63 Å². The SMILES string of the molecule is Cc1cc2oc(=O)cc(C[NH2+][C@@H](C)c3cccc(Cl)c3)c2cc1C(C)C. The molecule has 136 valence electrons. The molecule has 26 heavy (non-hydrogen) atoms. The monoisotopic (exact) mass is 370 g/mol. The van der Waals surface area contributed by atoms with Gasteiger partial charge in [-0.15, -0.1) is 0 Å². The van der Waals surface area contributed by atoms with Gasteiger partial charge in [-0.3, -0.25) is 0 Å². The first kappa shape index (κ1) is 18.7. The van der Waals surface area contributed by atoms with Gasteiger partial charge in [0.15, 0.2) is 0 Å². The van der Waals surface area contributed by atoms with Crippen LogP contribution >= 0.6 is 11.6 Å². The van der Waals surface area contributed by atoms with Crippen molar-refractivity contribution < 1.29 is 9.73 Å². The van der Waals surface area contributed by atoms with E-state index in [0.717, 1.165) is 21.5 Å². The molecule has 0 fully saturated rings. The van der Waals surface area contributed by atoms with E-state index in [2.05, 4.69) is 45.1 Å². The number of rotatable bonds is 5. The number of hydrogen-bond acceptors (Lipinski definition) is 2. The molecule has 4 heteroatoms. The lowest BCUT2D eigenvalue weighted by atomic mass is 9.95. The normalized spacial score (nSPS) is 12.7. The van der Waals surface area contributed by atoms with Crippen LogP contribution in [-0.2, 0) is 6.54 Å². The Labute approximate surface area is 159 Å². The van der Waals surface area contributed by atoms with E-state index in [9.17, 15) is 4.79 Å². The lowest BCUT2D eigenvalue weighted by Gasteiger charge is -2.14. The zero-order valence-electron chi connectivity index (χ0n) is 15.7. The van der Waals surface area contributed by atoms with Crippen molar-refractivity contribution >= 4 is 22.6 Å². The van der Waals surface area contributed by atoms with Gasteiger partial charge in [0, 0.05) is 27.6 Å². The predicted molar refractivity (Wildman–Crippen MR) is 107 cm³/mol. The zero-order valence-corrected chi connectivity index (χ0v) is 16.4. The largest absolute Gasteiger partial charge is 0.423 e. The number of hydrogen-bond donors (Lipinski definition) is 1. The van der Waals surface area contributed by atoms with Crippen LogP contribution in [0.5, 0.6) is 0 Å². The van der Waals surface area contributed by atoms with Crippen LogP contribution in [-0.4, -0.2) is 0 Å². The van der Waals surface area contributed by atoms with E-state index in [4.69, 9.17) is 16.0 Å². The fourth-order valence-corrected chi connectivity index (χ4v) is 3.61. The molecule has 0 radical (unpaired) electrons. The van der Waals surface area contributed by atoms with Crippen LogP contribution in [0.15, 0.2) is 51.7 Å². The minimum Gasteiger partial charge on any atom is -0.423 e. The quantitative estimate of drug-likeness (QED) is 0.661. The van der Waals surface area contributed by atoms with Crippen LogP contribution in [0.1, 0.15) is 55.0 Å². The molecule has 0 amide bonds. The molecule has 3 aromatic rings. The molecule has 1 aromatic heterocycles. The minimum atomic E-state index is -0.298.